The van der Waals surface area contributed by atoms with Crippen LogP contribution in [0.15, 0.2) is 42.6 Å². The third-order valence-corrected chi connectivity index (χ3v) is 6.03. The second-order valence-corrected chi connectivity index (χ2v) is 8.38. The highest BCUT2D eigenvalue weighted by atomic mass is 35.5. The van der Waals surface area contributed by atoms with E-state index in [1.54, 1.807) is 29.2 Å². The van der Waals surface area contributed by atoms with Gasteiger partial charge in [0.1, 0.15) is 5.82 Å². The average molecular weight is 443 g/mol. The van der Waals surface area contributed by atoms with Gasteiger partial charge in [0.25, 0.3) is 5.91 Å². The quantitative estimate of drug-likeness (QED) is 0.770. The average Bonchev–Trinajstić information content (AvgIpc) is 2.83. The molecule has 164 valence electrons. The number of likely N-dealkylation sites (tertiary alicyclic amines) is 1. The van der Waals surface area contributed by atoms with Gasteiger partial charge in [-0.05, 0) is 48.7 Å². The molecule has 0 spiro atoms. The first kappa shape index (κ1) is 21.6. The lowest BCUT2D eigenvalue weighted by Gasteiger charge is -2.32. The van der Waals surface area contributed by atoms with Gasteiger partial charge < -0.3 is 19.9 Å². The largest absolute Gasteiger partial charge is 0.378 e. The third-order valence-electron chi connectivity index (χ3n) is 5.78. The molecule has 0 aliphatic carbocycles. The van der Waals surface area contributed by atoms with Crippen LogP contribution < -0.4 is 10.2 Å². The Kier molecular flexibility index (Phi) is 7.04. The van der Waals surface area contributed by atoms with Gasteiger partial charge in [0.15, 0.2) is 0 Å². The number of pyridine rings is 1. The van der Waals surface area contributed by atoms with E-state index in [1.807, 2.05) is 18.3 Å². The molecule has 2 fully saturated rings. The normalized spacial score (nSPS) is 19.2. The number of piperidine rings is 1. The van der Waals surface area contributed by atoms with Crippen molar-refractivity contribution in [3.05, 3.63) is 58.7 Å². The Labute approximate surface area is 187 Å². The summed E-state index contributed by atoms with van der Waals surface area (Å²) in [6.45, 7) is 4.65. The zero-order valence-electron chi connectivity index (χ0n) is 17.4. The van der Waals surface area contributed by atoms with Crippen LogP contribution in [0.5, 0.6) is 0 Å². The summed E-state index contributed by atoms with van der Waals surface area (Å²) in [7, 11) is 0. The SMILES string of the molecule is O=C(NCc1ccc(N2CCOCC2)nc1)[C@@H]1CCCN(C(=O)c2ccc(Cl)cc2)C1. The van der Waals surface area contributed by atoms with Crippen LogP contribution in [-0.4, -0.2) is 61.1 Å². The molecule has 1 aromatic heterocycles. The van der Waals surface area contributed by atoms with E-state index < -0.39 is 0 Å². The Morgan fingerprint density at radius 2 is 1.87 bits per heavy atom. The van der Waals surface area contributed by atoms with Crippen molar-refractivity contribution in [1.29, 1.82) is 0 Å². The lowest BCUT2D eigenvalue weighted by molar-refractivity contribution is -0.126. The number of rotatable bonds is 5. The summed E-state index contributed by atoms with van der Waals surface area (Å²) in [6.07, 6.45) is 3.40. The summed E-state index contributed by atoms with van der Waals surface area (Å²) in [6, 6.07) is 10.8. The fourth-order valence-electron chi connectivity index (χ4n) is 3.98. The fourth-order valence-corrected chi connectivity index (χ4v) is 4.11. The molecule has 2 aliphatic rings. The Bertz CT molecular complexity index is 898. The van der Waals surface area contributed by atoms with Crippen molar-refractivity contribution < 1.29 is 14.3 Å². The lowest BCUT2D eigenvalue weighted by atomic mass is 9.96. The number of hydrogen-bond donors (Lipinski definition) is 1. The summed E-state index contributed by atoms with van der Waals surface area (Å²) in [5.41, 5.74) is 1.55. The van der Waals surface area contributed by atoms with Crippen LogP contribution in [0.4, 0.5) is 5.82 Å². The minimum absolute atomic E-state index is 0.0224. The second kappa shape index (κ2) is 10.1. The van der Waals surface area contributed by atoms with Gasteiger partial charge in [0, 0.05) is 49.5 Å². The molecule has 31 heavy (non-hydrogen) atoms. The van der Waals surface area contributed by atoms with Gasteiger partial charge in [0.05, 0.1) is 19.1 Å². The summed E-state index contributed by atoms with van der Waals surface area (Å²) in [5.74, 6) is 0.649. The van der Waals surface area contributed by atoms with E-state index in [0.29, 0.717) is 30.2 Å². The molecule has 2 aromatic rings. The molecule has 4 rings (SSSR count). The van der Waals surface area contributed by atoms with Gasteiger partial charge in [-0.2, -0.15) is 0 Å². The Morgan fingerprint density at radius 3 is 2.58 bits per heavy atom. The third kappa shape index (κ3) is 5.54. The minimum atomic E-state index is -0.203. The van der Waals surface area contributed by atoms with Gasteiger partial charge in [0.2, 0.25) is 5.91 Å². The number of benzene rings is 1. The first-order valence-corrected chi connectivity index (χ1v) is 11.1. The van der Waals surface area contributed by atoms with Crippen LogP contribution in [0.1, 0.15) is 28.8 Å². The molecular weight excluding hydrogens is 416 g/mol. The molecule has 2 aliphatic heterocycles. The fraction of sp³-hybridized carbons (Fsp3) is 0.435. The Morgan fingerprint density at radius 1 is 1.10 bits per heavy atom. The predicted octanol–water partition coefficient (Wildman–Crippen LogP) is 2.74. The van der Waals surface area contributed by atoms with Crippen molar-refractivity contribution in [3.63, 3.8) is 0 Å². The van der Waals surface area contributed by atoms with Gasteiger partial charge >= 0.3 is 0 Å². The molecule has 2 saturated heterocycles. The number of carbonyl (C=O) groups excluding carboxylic acids is 2. The molecule has 1 N–H and O–H groups in total. The number of hydrogen-bond acceptors (Lipinski definition) is 5. The molecular formula is C23H27ClN4O3. The van der Waals surface area contributed by atoms with Crippen LogP contribution in [0.2, 0.25) is 5.02 Å². The van der Waals surface area contributed by atoms with E-state index in [1.165, 1.54) is 0 Å². The first-order chi connectivity index (χ1) is 15.1. The molecule has 2 amide bonds. The molecule has 1 aromatic carbocycles. The van der Waals surface area contributed by atoms with Crippen molar-refractivity contribution >= 4 is 29.2 Å². The highest BCUT2D eigenvalue weighted by Crippen LogP contribution is 2.20. The number of nitrogens with zero attached hydrogens (tertiary/aromatic N) is 3. The van der Waals surface area contributed by atoms with E-state index in [9.17, 15) is 9.59 Å². The number of anilines is 1. The number of halogens is 1. The first-order valence-electron chi connectivity index (χ1n) is 10.7. The van der Waals surface area contributed by atoms with Gasteiger partial charge in [-0.1, -0.05) is 17.7 Å². The van der Waals surface area contributed by atoms with Crippen molar-refractivity contribution in [2.24, 2.45) is 5.92 Å². The van der Waals surface area contributed by atoms with E-state index >= 15 is 0 Å². The monoisotopic (exact) mass is 442 g/mol. The zero-order valence-corrected chi connectivity index (χ0v) is 18.2. The van der Waals surface area contributed by atoms with Crippen molar-refractivity contribution in [3.8, 4) is 0 Å². The summed E-state index contributed by atoms with van der Waals surface area (Å²) in [5, 5.41) is 3.60. The molecule has 8 heteroatoms. The molecule has 1 atom stereocenters. The topological polar surface area (TPSA) is 74.8 Å². The molecule has 0 saturated carbocycles. The summed E-state index contributed by atoms with van der Waals surface area (Å²) in [4.78, 5) is 34.0. The maximum atomic E-state index is 12.8. The van der Waals surface area contributed by atoms with Crippen LogP contribution in [-0.2, 0) is 16.1 Å². The van der Waals surface area contributed by atoms with Crippen molar-refractivity contribution in [1.82, 2.24) is 15.2 Å². The number of aromatic nitrogens is 1. The summed E-state index contributed by atoms with van der Waals surface area (Å²) < 4.78 is 5.37. The van der Waals surface area contributed by atoms with Crippen molar-refractivity contribution in [2.75, 3.05) is 44.3 Å². The minimum Gasteiger partial charge on any atom is -0.378 e. The molecule has 0 unspecified atom stereocenters. The van der Waals surface area contributed by atoms with E-state index in [0.717, 1.165) is 50.5 Å². The van der Waals surface area contributed by atoms with E-state index in [2.05, 4.69) is 15.2 Å². The maximum absolute atomic E-state index is 12.8. The number of morpholine rings is 1. The maximum Gasteiger partial charge on any atom is 0.253 e. The Hall–Kier alpha value is -2.64. The number of ether oxygens (including phenoxy) is 1. The van der Waals surface area contributed by atoms with Gasteiger partial charge in [-0.3, -0.25) is 9.59 Å². The van der Waals surface area contributed by atoms with Gasteiger partial charge in [-0.25, -0.2) is 4.98 Å². The van der Waals surface area contributed by atoms with Crippen LogP contribution >= 0.6 is 11.6 Å². The van der Waals surface area contributed by atoms with Crippen molar-refractivity contribution in [2.45, 2.75) is 19.4 Å². The second-order valence-electron chi connectivity index (χ2n) is 7.94. The molecule has 0 bridgehead atoms. The predicted molar refractivity (Wildman–Crippen MR) is 119 cm³/mol. The number of carbonyl (C=O) groups is 2. The number of nitrogens with one attached hydrogen (secondary N) is 1. The van der Waals surface area contributed by atoms with Crippen LogP contribution in [0, 0.1) is 5.92 Å². The number of amides is 2. The van der Waals surface area contributed by atoms with E-state index in [-0.39, 0.29) is 17.7 Å². The molecule has 0 radical (unpaired) electrons. The molecule has 7 nitrogen and oxygen atoms in total. The Balaban J connectivity index is 1.29. The highest BCUT2D eigenvalue weighted by molar-refractivity contribution is 6.30. The van der Waals surface area contributed by atoms with Crippen LogP contribution in [0.25, 0.3) is 0 Å². The zero-order chi connectivity index (χ0) is 21.6. The highest BCUT2D eigenvalue weighted by Gasteiger charge is 2.28. The standard InChI is InChI=1S/C23H27ClN4O3/c24-20-6-4-18(5-7-20)23(30)28-9-1-2-19(16-28)22(29)26-15-17-3-8-21(25-14-17)27-10-12-31-13-11-27/h3-8,14,19H,1-2,9-13,15-16H2,(H,26,29)/t19-/m1/s1. The smallest absolute Gasteiger partial charge is 0.253 e. The summed E-state index contributed by atoms with van der Waals surface area (Å²) >= 11 is 5.91. The van der Waals surface area contributed by atoms with E-state index in [4.69, 9.17) is 16.3 Å². The van der Waals surface area contributed by atoms with Gasteiger partial charge in [-0.15, -0.1) is 0 Å². The van der Waals surface area contributed by atoms with Crippen LogP contribution in [0.3, 0.4) is 0 Å². The molecule has 3 heterocycles. The lowest BCUT2D eigenvalue weighted by Crippen LogP contribution is -2.45.